The van der Waals surface area contributed by atoms with Crippen LogP contribution in [0.1, 0.15) is 53.4 Å². The minimum Gasteiger partial charge on any atom is -0.0651 e. The Morgan fingerprint density at radius 3 is 2.21 bits per heavy atom. The fraction of sp³-hybridized carbons (Fsp3) is 1.00. The molecule has 2 aliphatic carbocycles. The van der Waals surface area contributed by atoms with Gasteiger partial charge in [0.25, 0.3) is 0 Å². The molecule has 0 amide bonds. The zero-order valence-corrected chi connectivity index (χ0v) is 10.3. The standard InChI is InChI=1S/C14H26/c1-5-12-8-10(3)14(12)11(4)13-6-9(2)7-13/h9-14H,5-8H2,1-4H3. The Morgan fingerprint density at radius 1 is 1.14 bits per heavy atom. The van der Waals surface area contributed by atoms with Crippen LogP contribution >= 0.6 is 0 Å². The summed E-state index contributed by atoms with van der Waals surface area (Å²) in [7, 11) is 0. The molecule has 2 aliphatic rings. The van der Waals surface area contributed by atoms with E-state index in [1.54, 1.807) is 0 Å². The molecule has 2 saturated carbocycles. The average Bonchev–Trinajstić information content (AvgIpc) is 2.08. The highest BCUT2D eigenvalue weighted by Crippen LogP contribution is 2.52. The van der Waals surface area contributed by atoms with Crippen molar-refractivity contribution in [2.75, 3.05) is 0 Å². The van der Waals surface area contributed by atoms with Crippen LogP contribution in [0.5, 0.6) is 0 Å². The van der Waals surface area contributed by atoms with Gasteiger partial charge in [-0.2, -0.15) is 0 Å². The quantitative estimate of drug-likeness (QED) is 0.626. The molecule has 0 aromatic carbocycles. The highest BCUT2D eigenvalue weighted by Gasteiger charge is 2.44. The normalized spacial score (nSPS) is 49.3. The maximum absolute atomic E-state index is 2.53. The predicted octanol–water partition coefficient (Wildman–Crippen LogP) is 4.35. The van der Waals surface area contributed by atoms with Crippen LogP contribution in [0.25, 0.3) is 0 Å². The Labute approximate surface area is 89.5 Å². The van der Waals surface area contributed by atoms with Gasteiger partial charge in [0.1, 0.15) is 0 Å². The van der Waals surface area contributed by atoms with Crippen LogP contribution in [0.4, 0.5) is 0 Å². The van der Waals surface area contributed by atoms with Crippen molar-refractivity contribution in [1.82, 2.24) is 0 Å². The molecule has 0 aromatic rings. The van der Waals surface area contributed by atoms with Crippen LogP contribution in [-0.2, 0) is 0 Å². The van der Waals surface area contributed by atoms with E-state index in [2.05, 4.69) is 27.7 Å². The Bertz CT molecular complexity index is 190. The Balaban J connectivity index is 1.87. The van der Waals surface area contributed by atoms with E-state index in [4.69, 9.17) is 0 Å². The van der Waals surface area contributed by atoms with Crippen molar-refractivity contribution < 1.29 is 0 Å². The van der Waals surface area contributed by atoms with Crippen molar-refractivity contribution in [3.63, 3.8) is 0 Å². The average molecular weight is 194 g/mol. The Morgan fingerprint density at radius 2 is 1.79 bits per heavy atom. The first kappa shape index (κ1) is 10.5. The third-order valence-electron chi connectivity index (χ3n) is 5.16. The van der Waals surface area contributed by atoms with Crippen molar-refractivity contribution >= 4 is 0 Å². The topological polar surface area (TPSA) is 0 Å². The minimum absolute atomic E-state index is 1.01. The second-order valence-corrected chi connectivity index (χ2v) is 6.15. The summed E-state index contributed by atoms with van der Waals surface area (Å²) in [5, 5.41) is 0. The molecule has 4 unspecified atom stereocenters. The second-order valence-electron chi connectivity index (χ2n) is 6.15. The minimum atomic E-state index is 1.01. The zero-order chi connectivity index (χ0) is 10.3. The maximum atomic E-state index is 2.53. The molecule has 0 aliphatic heterocycles. The molecular weight excluding hydrogens is 168 g/mol. The molecule has 0 heterocycles. The van der Waals surface area contributed by atoms with E-state index in [0.717, 1.165) is 35.5 Å². The van der Waals surface area contributed by atoms with Gasteiger partial charge in [0.15, 0.2) is 0 Å². The lowest BCUT2D eigenvalue weighted by Gasteiger charge is -2.51. The van der Waals surface area contributed by atoms with Crippen LogP contribution < -0.4 is 0 Å². The smallest absolute Gasteiger partial charge is 0.0332 e. The molecule has 82 valence electrons. The van der Waals surface area contributed by atoms with Gasteiger partial charge in [-0.3, -0.25) is 0 Å². The summed E-state index contributed by atoms with van der Waals surface area (Å²) < 4.78 is 0. The molecule has 0 nitrogen and oxygen atoms in total. The molecule has 0 spiro atoms. The molecule has 4 atom stereocenters. The predicted molar refractivity (Wildman–Crippen MR) is 62.1 cm³/mol. The Kier molecular flexibility index (Phi) is 2.91. The lowest BCUT2D eigenvalue weighted by molar-refractivity contribution is -0.0212. The number of hydrogen-bond acceptors (Lipinski definition) is 0. The van der Waals surface area contributed by atoms with Gasteiger partial charge in [0, 0.05) is 0 Å². The summed E-state index contributed by atoms with van der Waals surface area (Å²) in [5.74, 6) is 6.27. The lowest BCUT2D eigenvalue weighted by Crippen LogP contribution is -2.44. The van der Waals surface area contributed by atoms with E-state index in [-0.39, 0.29) is 0 Å². The largest absolute Gasteiger partial charge is 0.0651 e. The summed E-state index contributed by atoms with van der Waals surface area (Å²) in [6, 6.07) is 0. The molecule has 0 heteroatoms. The lowest BCUT2D eigenvalue weighted by atomic mass is 9.54. The molecular formula is C14H26. The molecule has 0 N–H and O–H groups in total. The van der Waals surface area contributed by atoms with E-state index in [9.17, 15) is 0 Å². The maximum Gasteiger partial charge on any atom is -0.0332 e. The van der Waals surface area contributed by atoms with E-state index in [1.807, 2.05) is 0 Å². The van der Waals surface area contributed by atoms with E-state index in [1.165, 1.54) is 25.7 Å². The van der Waals surface area contributed by atoms with Crippen molar-refractivity contribution in [3.05, 3.63) is 0 Å². The molecule has 2 fully saturated rings. The first-order valence-electron chi connectivity index (χ1n) is 6.63. The molecule has 0 radical (unpaired) electrons. The molecule has 0 bridgehead atoms. The van der Waals surface area contributed by atoms with E-state index in [0.29, 0.717) is 0 Å². The van der Waals surface area contributed by atoms with Gasteiger partial charge in [0.2, 0.25) is 0 Å². The first-order valence-corrected chi connectivity index (χ1v) is 6.63. The summed E-state index contributed by atoms with van der Waals surface area (Å²) >= 11 is 0. The van der Waals surface area contributed by atoms with Gasteiger partial charge in [0.05, 0.1) is 0 Å². The van der Waals surface area contributed by atoms with E-state index < -0.39 is 0 Å². The van der Waals surface area contributed by atoms with Crippen LogP contribution in [-0.4, -0.2) is 0 Å². The van der Waals surface area contributed by atoms with Gasteiger partial charge >= 0.3 is 0 Å². The fourth-order valence-electron chi connectivity index (χ4n) is 4.16. The van der Waals surface area contributed by atoms with E-state index >= 15 is 0 Å². The van der Waals surface area contributed by atoms with Crippen LogP contribution in [0.2, 0.25) is 0 Å². The number of hydrogen-bond donors (Lipinski definition) is 0. The highest BCUT2D eigenvalue weighted by atomic mass is 14.5. The summed E-state index contributed by atoms with van der Waals surface area (Å²) in [4.78, 5) is 0. The molecule has 2 rings (SSSR count). The first-order chi connectivity index (χ1) is 6.63. The Hall–Kier alpha value is 0. The van der Waals surface area contributed by atoms with Gasteiger partial charge < -0.3 is 0 Å². The second kappa shape index (κ2) is 3.87. The third-order valence-corrected chi connectivity index (χ3v) is 5.16. The van der Waals surface area contributed by atoms with Gasteiger partial charge in [-0.15, -0.1) is 0 Å². The van der Waals surface area contributed by atoms with Gasteiger partial charge in [-0.25, -0.2) is 0 Å². The monoisotopic (exact) mass is 194 g/mol. The zero-order valence-electron chi connectivity index (χ0n) is 10.3. The molecule has 0 aromatic heterocycles. The fourth-order valence-corrected chi connectivity index (χ4v) is 4.16. The van der Waals surface area contributed by atoms with Crippen LogP contribution in [0, 0.1) is 35.5 Å². The molecule has 14 heavy (non-hydrogen) atoms. The van der Waals surface area contributed by atoms with Crippen molar-refractivity contribution in [2.24, 2.45) is 35.5 Å². The highest BCUT2D eigenvalue weighted by molar-refractivity contribution is 4.93. The number of rotatable bonds is 3. The van der Waals surface area contributed by atoms with Crippen LogP contribution in [0.3, 0.4) is 0 Å². The van der Waals surface area contributed by atoms with Crippen molar-refractivity contribution in [1.29, 1.82) is 0 Å². The SMILES string of the molecule is CCC1CC(C)C1C(C)C1CC(C)C1. The summed E-state index contributed by atoms with van der Waals surface area (Å²) in [6.07, 6.45) is 5.96. The van der Waals surface area contributed by atoms with Gasteiger partial charge in [-0.05, 0) is 54.8 Å². The summed E-state index contributed by atoms with van der Waals surface area (Å²) in [6.45, 7) is 9.78. The van der Waals surface area contributed by atoms with Gasteiger partial charge in [-0.1, -0.05) is 34.1 Å². The molecule has 0 saturated heterocycles. The van der Waals surface area contributed by atoms with Crippen LogP contribution in [0.15, 0.2) is 0 Å². The third kappa shape index (κ3) is 1.61. The van der Waals surface area contributed by atoms with Crippen molar-refractivity contribution in [3.8, 4) is 0 Å². The van der Waals surface area contributed by atoms with Crippen molar-refractivity contribution in [2.45, 2.75) is 53.4 Å². The summed E-state index contributed by atoms with van der Waals surface area (Å²) in [5.41, 5.74) is 0.